The summed E-state index contributed by atoms with van der Waals surface area (Å²) < 4.78 is 0. The number of carboxylic acids is 1. The van der Waals surface area contributed by atoms with Crippen molar-refractivity contribution in [2.45, 2.75) is 26.3 Å². The number of hydrogen-bond donors (Lipinski definition) is 2. The summed E-state index contributed by atoms with van der Waals surface area (Å²) in [5.74, 6) is -1.83. The number of hydrogen-bond acceptors (Lipinski definition) is 4. The molecule has 0 aliphatic heterocycles. The van der Waals surface area contributed by atoms with E-state index in [1.165, 1.54) is 18.2 Å². The molecule has 0 fully saturated rings. The van der Waals surface area contributed by atoms with Crippen molar-refractivity contribution in [1.29, 1.82) is 0 Å². The van der Waals surface area contributed by atoms with Crippen LogP contribution in [0.3, 0.4) is 0 Å². The van der Waals surface area contributed by atoms with Crippen molar-refractivity contribution in [3.8, 4) is 0 Å². The van der Waals surface area contributed by atoms with Crippen LogP contribution in [0, 0.1) is 16.0 Å². The van der Waals surface area contributed by atoms with Crippen LogP contribution in [-0.4, -0.2) is 27.9 Å². The van der Waals surface area contributed by atoms with Gasteiger partial charge in [0.15, 0.2) is 0 Å². The van der Waals surface area contributed by atoms with Crippen LogP contribution in [0.1, 0.15) is 19.4 Å². The van der Waals surface area contributed by atoms with E-state index >= 15 is 0 Å². The van der Waals surface area contributed by atoms with Gasteiger partial charge in [-0.1, -0.05) is 26.0 Å². The Kier molecular flexibility index (Phi) is 5.19. The second-order valence-corrected chi connectivity index (χ2v) is 4.73. The van der Waals surface area contributed by atoms with Gasteiger partial charge in [0, 0.05) is 12.1 Å². The first-order chi connectivity index (χ1) is 9.31. The lowest BCUT2D eigenvalue weighted by Crippen LogP contribution is -2.44. The first-order valence-corrected chi connectivity index (χ1v) is 6.06. The van der Waals surface area contributed by atoms with Gasteiger partial charge in [0.1, 0.15) is 6.04 Å². The smallest absolute Gasteiger partial charge is 0.326 e. The summed E-state index contributed by atoms with van der Waals surface area (Å²) in [6, 6.07) is 4.72. The fourth-order valence-electron chi connectivity index (χ4n) is 1.70. The third kappa shape index (κ3) is 4.34. The van der Waals surface area contributed by atoms with E-state index < -0.39 is 22.8 Å². The quantitative estimate of drug-likeness (QED) is 0.604. The second-order valence-electron chi connectivity index (χ2n) is 4.73. The molecule has 108 valence electrons. The van der Waals surface area contributed by atoms with E-state index in [2.05, 4.69) is 5.32 Å². The summed E-state index contributed by atoms with van der Waals surface area (Å²) in [5, 5.41) is 22.0. The highest BCUT2D eigenvalue weighted by Crippen LogP contribution is 2.13. The van der Waals surface area contributed by atoms with Crippen molar-refractivity contribution in [2.75, 3.05) is 0 Å². The normalized spacial score (nSPS) is 11.9. The summed E-state index contributed by atoms with van der Waals surface area (Å²) in [7, 11) is 0. The highest BCUT2D eigenvalue weighted by molar-refractivity contribution is 5.85. The van der Waals surface area contributed by atoms with Gasteiger partial charge in [-0.2, -0.15) is 0 Å². The highest BCUT2D eigenvalue weighted by Gasteiger charge is 2.23. The number of non-ortho nitro benzene ring substituents is 1. The molecule has 0 aromatic heterocycles. The largest absolute Gasteiger partial charge is 0.480 e. The molecule has 0 saturated carbocycles. The first kappa shape index (κ1) is 15.6. The van der Waals surface area contributed by atoms with Gasteiger partial charge >= 0.3 is 5.97 Å². The molecule has 1 aromatic rings. The Balaban J connectivity index is 2.73. The maximum atomic E-state index is 11.8. The number of nitrogens with one attached hydrogen (secondary N) is 1. The molecule has 0 unspecified atom stereocenters. The fourth-order valence-corrected chi connectivity index (χ4v) is 1.70. The molecule has 1 atom stereocenters. The number of rotatable bonds is 6. The van der Waals surface area contributed by atoms with Gasteiger partial charge < -0.3 is 10.4 Å². The van der Waals surface area contributed by atoms with E-state index in [9.17, 15) is 19.7 Å². The summed E-state index contributed by atoms with van der Waals surface area (Å²) in [6.45, 7) is 3.37. The Morgan fingerprint density at radius 1 is 1.40 bits per heavy atom. The Labute approximate surface area is 115 Å². The molecule has 7 heteroatoms. The van der Waals surface area contributed by atoms with Crippen LogP contribution in [0.15, 0.2) is 24.3 Å². The molecule has 1 rings (SSSR count). The fraction of sp³-hybridized carbons (Fsp3) is 0.385. The van der Waals surface area contributed by atoms with E-state index in [0.717, 1.165) is 0 Å². The van der Waals surface area contributed by atoms with Crippen LogP contribution in [0.5, 0.6) is 0 Å². The Morgan fingerprint density at radius 3 is 2.55 bits per heavy atom. The molecular weight excluding hydrogens is 264 g/mol. The second kappa shape index (κ2) is 6.65. The molecule has 20 heavy (non-hydrogen) atoms. The number of nitro benzene ring substituents is 1. The summed E-state index contributed by atoms with van der Waals surface area (Å²) in [5.41, 5.74) is 0.360. The van der Waals surface area contributed by atoms with Crippen molar-refractivity contribution in [1.82, 2.24) is 5.32 Å². The molecule has 1 aromatic carbocycles. The van der Waals surface area contributed by atoms with E-state index in [1.807, 2.05) is 0 Å². The topological polar surface area (TPSA) is 110 Å². The van der Waals surface area contributed by atoms with Gasteiger partial charge in [-0.25, -0.2) is 4.79 Å². The number of benzene rings is 1. The third-order valence-corrected chi connectivity index (χ3v) is 2.74. The van der Waals surface area contributed by atoms with E-state index in [-0.39, 0.29) is 18.0 Å². The molecule has 2 N–H and O–H groups in total. The predicted octanol–water partition coefficient (Wildman–Crippen LogP) is 1.36. The van der Waals surface area contributed by atoms with Crippen molar-refractivity contribution in [3.63, 3.8) is 0 Å². The zero-order valence-electron chi connectivity index (χ0n) is 11.2. The molecule has 0 spiro atoms. The van der Waals surface area contributed by atoms with E-state index in [0.29, 0.717) is 5.56 Å². The average Bonchev–Trinajstić information content (AvgIpc) is 2.35. The van der Waals surface area contributed by atoms with Gasteiger partial charge in [0.25, 0.3) is 5.69 Å². The Bertz CT molecular complexity index is 527. The van der Waals surface area contributed by atoms with Gasteiger partial charge in [-0.15, -0.1) is 0 Å². The third-order valence-electron chi connectivity index (χ3n) is 2.74. The lowest BCUT2D eigenvalue weighted by Gasteiger charge is -2.17. The predicted molar refractivity (Wildman–Crippen MR) is 71.2 cm³/mol. The zero-order chi connectivity index (χ0) is 15.3. The minimum atomic E-state index is -1.10. The van der Waals surface area contributed by atoms with E-state index in [4.69, 9.17) is 5.11 Å². The number of aliphatic carboxylic acids is 1. The summed E-state index contributed by atoms with van der Waals surface area (Å²) in [4.78, 5) is 32.8. The lowest BCUT2D eigenvalue weighted by atomic mass is 10.0. The SMILES string of the molecule is CC(C)[C@@H](NC(=O)Cc1cccc([N+](=O)[O-])c1)C(=O)O. The summed E-state index contributed by atoms with van der Waals surface area (Å²) >= 11 is 0. The van der Waals surface area contributed by atoms with Crippen LogP contribution in [-0.2, 0) is 16.0 Å². The average molecular weight is 280 g/mol. The minimum Gasteiger partial charge on any atom is -0.480 e. The summed E-state index contributed by atoms with van der Waals surface area (Å²) in [6.07, 6.45) is -0.0990. The molecule has 0 aliphatic rings. The molecule has 7 nitrogen and oxygen atoms in total. The maximum absolute atomic E-state index is 11.8. The minimum absolute atomic E-state index is 0.0990. The number of amides is 1. The molecule has 0 bridgehead atoms. The van der Waals surface area contributed by atoms with Crippen molar-refractivity contribution < 1.29 is 19.6 Å². The molecule has 0 aliphatic carbocycles. The van der Waals surface area contributed by atoms with Gasteiger partial charge in [0.2, 0.25) is 5.91 Å². The Hall–Kier alpha value is -2.44. The monoisotopic (exact) mass is 280 g/mol. The van der Waals surface area contributed by atoms with Crippen LogP contribution in [0.25, 0.3) is 0 Å². The number of nitrogens with zero attached hydrogens (tertiary/aromatic N) is 1. The number of carboxylic acid groups (broad SMARTS) is 1. The van der Waals surface area contributed by atoms with Gasteiger partial charge in [-0.05, 0) is 11.5 Å². The standard InChI is InChI=1S/C13H16N2O5/c1-8(2)12(13(17)18)14-11(16)7-9-4-3-5-10(6-9)15(19)20/h3-6,8,12H,7H2,1-2H3,(H,14,16)(H,17,18)/t12-/m1/s1. The highest BCUT2D eigenvalue weighted by atomic mass is 16.6. The first-order valence-electron chi connectivity index (χ1n) is 6.06. The molecule has 0 saturated heterocycles. The molecule has 0 radical (unpaired) electrons. The Morgan fingerprint density at radius 2 is 2.05 bits per heavy atom. The molecular formula is C13H16N2O5. The zero-order valence-corrected chi connectivity index (χ0v) is 11.2. The van der Waals surface area contributed by atoms with Crippen molar-refractivity contribution in [2.24, 2.45) is 5.92 Å². The lowest BCUT2D eigenvalue weighted by molar-refractivity contribution is -0.384. The van der Waals surface area contributed by atoms with Crippen LogP contribution >= 0.6 is 0 Å². The number of carbonyl (C=O) groups is 2. The molecule has 0 heterocycles. The van der Waals surface area contributed by atoms with Crippen molar-refractivity contribution in [3.05, 3.63) is 39.9 Å². The van der Waals surface area contributed by atoms with Crippen molar-refractivity contribution >= 4 is 17.6 Å². The van der Waals surface area contributed by atoms with Gasteiger partial charge in [0.05, 0.1) is 11.3 Å². The number of nitro groups is 1. The van der Waals surface area contributed by atoms with E-state index in [1.54, 1.807) is 19.9 Å². The molecule has 1 amide bonds. The van der Waals surface area contributed by atoms with Gasteiger partial charge in [-0.3, -0.25) is 14.9 Å². The maximum Gasteiger partial charge on any atom is 0.326 e. The van der Waals surface area contributed by atoms with Crippen LogP contribution < -0.4 is 5.32 Å². The van der Waals surface area contributed by atoms with Crippen LogP contribution in [0.4, 0.5) is 5.69 Å². The van der Waals surface area contributed by atoms with Crippen LogP contribution in [0.2, 0.25) is 0 Å². The number of carbonyl (C=O) groups excluding carboxylic acids is 1.